The second-order valence-corrected chi connectivity index (χ2v) is 8.82. The quantitative estimate of drug-likeness (QED) is 0.605. The molecule has 2 N–H and O–H groups in total. The van der Waals surface area contributed by atoms with E-state index in [2.05, 4.69) is 46.7 Å². The molecule has 0 saturated carbocycles. The van der Waals surface area contributed by atoms with Crippen molar-refractivity contribution in [2.75, 3.05) is 13.1 Å². The number of carbonyl (C=O) groups excluding carboxylic acids is 2. The number of benzene rings is 2. The summed E-state index contributed by atoms with van der Waals surface area (Å²) >= 11 is 0. The summed E-state index contributed by atoms with van der Waals surface area (Å²) in [5.41, 5.74) is 4.78. The van der Waals surface area contributed by atoms with Gasteiger partial charge in [0.25, 0.3) is 0 Å². The highest BCUT2D eigenvalue weighted by Crippen LogP contribution is 2.32. The van der Waals surface area contributed by atoms with Crippen LogP contribution in [0.5, 0.6) is 0 Å². The summed E-state index contributed by atoms with van der Waals surface area (Å²) in [6, 6.07) is 18.5. The molecule has 5 rings (SSSR count). The summed E-state index contributed by atoms with van der Waals surface area (Å²) in [7, 11) is 0. The van der Waals surface area contributed by atoms with E-state index in [1.807, 2.05) is 35.2 Å². The number of H-pyrrole nitrogens is 1. The maximum atomic E-state index is 13.5. The predicted molar refractivity (Wildman–Crippen MR) is 126 cm³/mol. The lowest BCUT2D eigenvalue weighted by Crippen LogP contribution is -2.46. The Hall–Kier alpha value is -3.34. The minimum absolute atomic E-state index is 0.00746. The predicted octanol–water partition coefficient (Wildman–Crippen LogP) is 3.99. The summed E-state index contributed by atoms with van der Waals surface area (Å²) in [6.07, 6.45) is 6.99. The first-order valence-corrected chi connectivity index (χ1v) is 11.5. The van der Waals surface area contributed by atoms with E-state index in [-0.39, 0.29) is 23.7 Å². The van der Waals surface area contributed by atoms with Crippen molar-refractivity contribution in [2.45, 2.75) is 32.2 Å². The maximum Gasteiger partial charge on any atom is 0.227 e. The lowest BCUT2D eigenvalue weighted by Gasteiger charge is -2.34. The highest BCUT2D eigenvalue weighted by molar-refractivity contribution is 5.89. The van der Waals surface area contributed by atoms with Gasteiger partial charge in [-0.15, -0.1) is 0 Å². The lowest BCUT2D eigenvalue weighted by molar-refractivity contribution is -0.142. The fourth-order valence-corrected chi connectivity index (χ4v) is 5.10. The van der Waals surface area contributed by atoms with E-state index >= 15 is 0 Å². The normalized spacial score (nSPS) is 20.2. The number of aromatic nitrogens is 1. The Morgan fingerprint density at radius 1 is 0.969 bits per heavy atom. The van der Waals surface area contributed by atoms with Gasteiger partial charge in [0.2, 0.25) is 11.8 Å². The molecule has 2 aromatic carbocycles. The van der Waals surface area contributed by atoms with Crippen molar-refractivity contribution in [3.8, 4) is 0 Å². The van der Waals surface area contributed by atoms with Crippen molar-refractivity contribution in [2.24, 2.45) is 11.8 Å². The third-order valence-electron chi connectivity index (χ3n) is 6.84. The van der Waals surface area contributed by atoms with E-state index in [1.54, 1.807) is 0 Å². The van der Waals surface area contributed by atoms with Gasteiger partial charge < -0.3 is 15.2 Å². The first-order valence-electron chi connectivity index (χ1n) is 11.5. The van der Waals surface area contributed by atoms with Crippen LogP contribution < -0.4 is 5.32 Å². The zero-order valence-electron chi connectivity index (χ0n) is 18.2. The van der Waals surface area contributed by atoms with Crippen LogP contribution >= 0.6 is 0 Å². The molecule has 2 unspecified atom stereocenters. The smallest absolute Gasteiger partial charge is 0.227 e. The van der Waals surface area contributed by atoms with Crippen LogP contribution in [0.15, 0.2) is 66.7 Å². The zero-order chi connectivity index (χ0) is 21.9. The van der Waals surface area contributed by atoms with Gasteiger partial charge in [0.1, 0.15) is 0 Å². The van der Waals surface area contributed by atoms with Crippen molar-refractivity contribution < 1.29 is 9.59 Å². The topological polar surface area (TPSA) is 65.2 Å². The Bertz CT molecular complexity index is 1150. The fourth-order valence-electron chi connectivity index (χ4n) is 5.10. The number of allylic oxidation sites excluding steroid dienone is 2. The molecular formula is C27H29N3O2. The first kappa shape index (κ1) is 20.6. The molecule has 1 aliphatic carbocycles. The highest BCUT2D eigenvalue weighted by Gasteiger charge is 2.37. The van der Waals surface area contributed by atoms with Crippen LogP contribution in [0.4, 0.5) is 0 Å². The van der Waals surface area contributed by atoms with E-state index in [1.165, 1.54) is 16.5 Å². The molecular weight excluding hydrogens is 398 g/mol. The molecule has 3 aromatic rings. The van der Waals surface area contributed by atoms with Crippen LogP contribution in [0.25, 0.3) is 10.9 Å². The Balaban J connectivity index is 1.24. The monoisotopic (exact) mass is 427 g/mol. The summed E-state index contributed by atoms with van der Waals surface area (Å²) in [4.78, 5) is 31.9. The number of hydrogen-bond acceptors (Lipinski definition) is 2. The molecule has 5 heteroatoms. The third-order valence-corrected chi connectivity index (χ3v) is 6.84. The van der Waals surface area contributed by atoms with Crippen LogP contribution in [0.1, 0.15) is 29.7 Å². The number of nitrogens with one attached hydrogen (secondary N) is 2. The molecule has 1 aliphatic heterocycles. The molecule has 2 amide bonds. The molecule has 32 heavy (non-hydrogen) atoms. The molecule has 5 nitrogen and oxygen atoms in total. The van der Waals surface area contributed by atoms with Crippen molar-refractivity contribution in [3.63, 3.8) is 0 Å². The zero-order valence-corrected chi connectivity index (χ0v) is 18.2. The standard InChI is InChI=1S/C27H29N3O2/c31-26(28-16-14-19-8-2-1-3-9-19)22-11-4-5-12-23(22)27(32)30-17-15-21-20-10-6-7-13-24(20)29-25(21)18-30/h1-10,13,22-23,29H,11-12,14-18H2,(H,28,31). The molecule has 2 aliphatic rings. The van der Waals surface area contributed by atoms with Gasteiger partial charge in [0, 0.05) is 29.7 Å². The fraction of sp³-hybridized carbons (Fsp3) is 0.333. The van der Waals surface area contributed by atoms with Crippen molar-refractivity contribution in [1.29, 1.82) is 0 Å². The lowest BCUT2D eigenvalue weighted by atomic mass is 9.81. The maximum absolute atomic E-state index is 13.5. The molecule has 0 spiro atoms. The Morgan fingerprint density at radius 3 is 2.56 bits per heavy atom. The number of amides is 2. The Labute approximate surface area is 188 Å². The number of nitrogens with zero attached hydrogens (tertiary/aromatic N) is 1. The summed E-state index contributed by atoms with van der Waals surface area (Å²) in [5, 5.41) is 4.33. The van der Waals surface area contributed by atoms with Gasteiger partial charge in [0.05, 0.1) is 18.4 Å². The number of carbonyl (C=O) groups is 2. The SMILES string of the molecule is O=C(NCCc1ccccc1)C1CC=CCC1C(=O)N1CCc2c([nH]c3ccccc23)C1. The molecule has 0 saturated heterocycles. The summed E-state index contributed by atoms with van der Waals surface area (Å²) in [6.45, 7) is 1.88. The molecule has 164 valence electrons. The molecule has 2 heterocycles. The second kappa shape index (κ2) is 9.03. The number of rotatable bonds is 5. The van der Waals surface area contributed by atoms with Gasteiger partial charge >= 0.3 is 0 Å². The van der Waals surface area contributed by atoms with Gasteiger partial charge in [-0.05, 0) is 42.9 Å². The van der Waals surface area contributed by atoms with E-state index in [0.717, 1.165) is 24.1 Å². The van der Waals surface area contributed by atoms with E-state index < -0.39 is 0 Å². The number of aromatic amines is 1. The van der Waals surface area contributed by atoms with Crippen LogP contribution in [0.2, 0.25) is 0 Å². The van der Waals surface area contributed by atoms with Crippen LogP contribution in [0, 0.1) is 11.8 Å². The van der Waals surface area contributed by atoms with Gasteiger partial charge in [-0.1, -0.05) is 60.7 Å². The van der Waals surface area contributed by atoms with Crippen molar-refractivity contribution in [1.82, 2.24) is 15.2 Å². The van der Waals surface area contributed by atoms with Crippen LogP contribution in [-0.4, -0.2) is 34.8 Å². The third kappa shape index (κ3) is 4.07. The van der Waals surface area contributed by atoms with Crippen molar-refractivity contribution >= 4 is 22.7 Å². The minimum atomic E-state index is -0.299. The first-order chi connectivity index (χ1) is 15.7. The average Bonchev–Trinajstić information content (AvgIpc) is 3.22. The Morgan fingerprint density at radius 2 is 1.72 bits per heavy atom. The van der Waals surface area contributed by atoms with Gasteiger partial charge in [-0.2, -0.15) is 0 Å². The molecule has 2 atom stereocenters. The van der Waals surface area contributed by atoms with Crippen LogP contribution in [0.3, 0.4) is 0 Å². The van der Waals surface area contributed by atoms with E-state index in [9.17, 15) is 9.59 Å². The number of fused-ring (bicyclic) bond motifs is 3. The van der Waals surface area contributed by atoms with Gasteiger partial charge in [0.15, 0.2) is 0 Å². The number of hydrogen-bond donors (Lipinski definition) is 2. The van der Waals surface area contributed by atoms with Crippen LogP contribution in [-0.2, 0) is 29.0 Å². The van der Waals surface area contributed by atoms with Gasteiger partial charge in [-0.25, -0.2) is 0 Å². The second-order valence-electron chi connectivity index (χ2n) is 8.82. The van der Waals surface area contributed by atoms with E-state index in [4.69, 9.17) is 0 Å². The highest BCUT2D eigenvalue weighted by atomic mass is 16.2. The molecule has 0 bridgehead atoms. The molecule has 0 fully saturated rings. The largest absolute Gasteiger partial charge is 0.357 e. The van der Waals surface area contributed by atoms with Gasteiger partial charge in [-0.3, -0.25) is 9.59 Å². The number of para-hydroxylation sites is 1. The molecule has 1 aromatic heterocycles. The molecule has 0 radical (unpaired) electrons. The Kier molecular flexibility index (Phi) is 5.80. The average molecular weight is 428 g/mol. The van der Waals surface area contributed by atoms with Crippen molar-refractivity contribution in [3.05, 3.63) is 83.6 Å². The minimum Gasteiger partial charge on any atom is -0.357 e. The van der Waals surface area contributed by atoms with E-state index in [0.29, 0.717) is 32.5 Å². The summed E-state index contributed by atoms with van der Waals surface area (Å²) < 4.78 is 0. The summed E-state index contributed by atoms with van der Waals surface area (Å²) in [5.74, 6) is -0.496.